The van der Waals surface area contributed by atoms with Gasteiger partial charge in [0, 0.05) is 7.11 Å². The van der Waals surface area contributed by atoms with E-state index in [1.54, 1.807) is 7.11 Å². The van der Waals surface area contributed by atoms with Crippen LogP contribution in [0.5, 0.6) is 0 Å². The Labute approximate surface area is 75.1 Å². The van der Waals surface area contributed by atoms with Gasteiger partial charge < -0.3 is 4.74 Å². The molecule has 0 spiro atoms. The first kappa shape index (κ1) is 9.57. The summed E-state index contributed by atoms with van der Waals surface area (Å²) in [6, 6.07) is 0. The molecule has 1 rings (SSSR count). The first-order chi connectivity index (χ1) is 5.93. The molecule has 0 amide bonds. The van der Waals surface area contributed by atoms with Crippen molar-refractivity contribution in [3.8, 4) is 0 Å². The molecule has 0 N–H and O–H groups in total. The predicted molar refractivity (Wildman–Crippen MR) is 51.2 cm³/mol. The minimum atomic E-state index is 0.820. The molecule has 0 aromatic carbocycles. The van der Waals surface area contributed by atoms with Crippen molar-refractivity contribution in [2.24, 2.45) is 0 Å². The fourth-order valence-corrected chi connectivity index (χ4v) is 1.52. The number of methoxy groups -OCH3 is 1. The fourth-order valence-electron chi connectivity index (χ4n) is 1.52. The summed E-state index contributed by atoms with van der Waals surface area (Å²) < 4.78 is 4.95. The molecule has 0 aromatic rings. The Bertz CT molecular complexity index is 167. The highest BCUT2D eigenvalue weighted by atomic mass is 16.5. The number of hydrogen-bond donors (Lipinski definition) is 0. The van der Waals surface area contributed by atoms with Crippen molar-refractivity contribution in [2.45, 2.75) is 38.5 Å². The van der Waals surface area contributed by atoms with Gasteiger partial charge in [-0.25, -0.2) is 0 Å². The first-order valence-electron chi connectivity index (χ1n) is 4.85. The zero-order valence-electron chi connectivity index (χ0n) is 7.94. The Morgan fingerprint density at radius 3 is 2.75 bits per heavy atom. The molecule has 1 nitrogen and oxygen atoms in total. The Kier molecular flexibility index (Phi) is 4.82. The van der Waals surface area contributed by atoms with Crippen LogP contribution in [0.3, 0.4) is 0 Å². The molecule has 0 bridgehead atoms. The molecule has 0 heterocycles. The first-order valence-corrected chi connectivity index (χ1v) is 4.85. The van der Waals surface area contributed by atoms with E-state index in [4.69, 9.17) is 4.74 Å². The summed E-state index contributed by atoms with van der Waals surface area (Å²) in [4.78, 5) is 0. The third-order valence-electron chi connectivity index (χ3n) is 2.23. The summed E-state index contributed by atoms with van der Waals surface area (Å²) in [5.41, 5.74) is 4.88. The molecule has 12 heavy (non-hydrogen) atoms. The van der Waals surface area contributed by atoms with Crippen LogP contribution in [0.1, 0.15) is 38.5 Å². The van der Waals surface area contributed by atoms with Gasteiger partial charge in [0.1, 0.15) is 0 Å². The van der Waals surface area contributed by atoms with E-state index < -0.39 is 0 Å². The van der Waals surface area contributed by atoms with Crippen molar-refractivity contribution in [1.82, 2.24) is 0 Å². The maximum atomic E-state index is 4.95. The largest absolute Gasteiger partial charge is 0.384 e. The quantitative estimate of drug-likeness (QED) is 0.462. The van der Waals surface area contributed by atoms with E-state index in [2.05, 4.69) is 11.8 Å². The van der Waals surface area contributed by atoms with Crippen molar-refractivity contribution in [1.29, 1.82) is 0 Å². The summed E-state index contributed by atoms with van der Waals surface area (Å²) in [5, 5.41) is 0. The molecule has 68 valence electrons. The van der Waals surface area contributed by atoms with E-state index >= 15 is 0 Å². The van der Waals surface area contributed by atoms with Crippen LogP contribution in [0.25, 0.3) is 0 Å². The molecule has 0 unspecified atom stereocenters. The van der Waals surface area contributed by atoms with Crippen LogP contribution in [0, 0.1) is 0 Å². The molecular weight excluding hydrogens is 148 g/mol. The molecule has 0 aromatic heterocycles. The second-order valence-electron chi connectivity index (χ2n) is 3.29. The lowest BCUT2D eigenvalue weighted by atomic mass is 9.96. The van der Waals surface area contributed by atoms with Gasteiger partial charge in [-0.2, -0.15) is 0 Å². The van der Waals surface area contributed by atoms with Crippen molar-refractivity contribution in [3.05, 3.63) is 17.4 Å². The summed E-state index contributed by atoms with van der Waals surface area (Å²) in [7, 11) is 1.74. The topological polar surface area (TPSA) is 9.23 Å². The standard InChI is InChI=1S/C11H18O/c1-12-10-6-5-9-11-7-3-2-4-8-11/h5H,2-4,6-8,10H2,1H3. The highest BCUT2D eigenvalue weighted by Gasteiger charge is 2.02. The van der Waals surface area contributed by atoms with E-state index in [-0.39, 0.29) is 0 Å². The summed E-state index contributed by atoms with van der Waals surface area (Å²) in [6.07, 6.45) is 9.78. The summed E-state index contributed by atoms with van der Waals surface area (Å²) >= 11 is 0. The van der Waals surface area contributed by atoms with Gasteiger partial charge >= 0.3 is 0 Å². The van der Waals surface area contributed by atoms with Gasteiger partial charge in [-0.05, 0) is 43.8 Å². The van der Waals surface area contributed by atoms with Crippen LogP contribution in [0.4, 0.5) is 0 Å². The minimum Gasteiger partial charge on any atom is -0.384 e. The zero-order valence-corrected chi connectivity index (χ0v) is 7.94. The average Bonchev–Trinajstić information content (AvgIpc) is 2.14. The third kappa shape index (κ3) is 3.75. The van der Waals surface area contributed by atoms with Crippen molar-refractivity contribution < 1.29 is 4.74 Å². The second kappa shape index (κ2) is 6.05. The van der Waals surface area contributed by atoms with Crippen molar-refractivity contribution in [2.75, 3.05) is 13.7 Å². The fraction of sp³-hybridized carbons (Fsp3) is 0.727. The molecule has 1 saturated carbocycles. The van der Waals surface area contributed by atoms with E-state index in [0.29, 0.717) is 0 Å². The number of hydrogen-bond acceptors (Lipinski definition) is 1. The SMILES string of the molecule is COCCC=C=C1CCCCC1. The molecule has 1 aliphatic rings. The summed E-state index contributed by atoms with van der Waals surface area (Å²) in [5.74, 6) is 0. The monoisotopic (exact) mass is 166 g/mol. The van der Waals surface area contributed by atoms with Gasteiger partial charge in [-0.3, -0.25) is 0 Å². The highest BCUT2D eigenvalue weighted by Crippen LogP contribution is 2.21. The molecule has 1 heteroatoms. The minimum absolute atomic E-state index is 0.820. The van der Waals surface area contributed by atoms with Gasteiger partial charge in [0.25, 0.3) is 0 Å². The van der Waals surface area contributed by atoms with Crippen molar-refractivity contribution >= 4 is 0 Å². The van der Waals surface area contributed by atoms with Crippen LogP contribution in [0.15, 0.2) is 17.4 Å². The lowest BCUT2D eigenvalue weighted by Crippen LogP contribution is -1.91. The molecule has 0 saturated heterocycles. The lowest BCUT2D eigenvalue weighted by molar-refractivity contribution is 0.204. The maximum absolute atomic E-state index is 4.95. The van der Waals surface area contributed by atoms with Gasteiger partial charge in [0.2, 0.25) is 0 Å². The molecule has 1 aliphatic carbocycles. The lowest BCUT2D eigenvalue weighted by Gasteiger charge is -2.10. The van der Waals surface area contributed by atoms with Gasteiger partial charge in [0.05, 0.1) is 6.61 Å². The Morgan fingerprint density at radius 2 is 2.08 bits per heavy atom. The normalized spacial score (nSPS) is 17.2. The number of rotatable bonds is 3. The van der Waals surface area contributed by atoms with Crippen LogP contribution in [0.2, 0.25) is 0 Å². The van der Waals surface area contributed by atoms with Crippen LogP contribution in [-0.4, -0.2) is 13.7 Å². The predicted octanol–water partition coefficient (Wildman–Crippen LogP) is 3.07. The zero-order chi connectivity index (χ0) is 8.65. The van der Waals surface area contributed by atoms with E-state index in [0.717, 1.165) is 13.0 Å². The molecule has 0 atom stereocenters. The van der Waals surface area contributed by atoms with E-state index in [1.807, 2.05) is 0 Å². The molecule has 0 aliphatic heterocycles. The van der Waals surface area contributed by atoms with Gasteiger partial charge in [-0.1, -0.05) is 6.42 Å². The van der Waals surface area contributed by atoms with E-state index in [1.165, 1.54) is 37.7 Å². The number of ether oxygens (including phenoxy) is 1. The van der Waals surface area contributed by atoms with Crippen molar-refractivity contribution in [3.63, 3.8) is 0 Å². The van der Waals surface area contributed by atoms with E-state index in [9.17, 15) is 0 Å². The second-order valence-corrected chi connectivity index (χ2v) is 3.29. The molecule has 0 radical (unpaired) electrons. The maximum Gasteiger partial charge on any atom is 0.0502 e. The smallest absolute Gasteiger partial charge is 0.0502 e. The third-order valence-corrected chi connectivity index (χ3v) is 2.23. The van der Waals surface area contributed by atoms with Gasteiger partial charge in [-0.15, -0.1) is 5.73 Å². The average molecular weight is 166 g/mol. The van der Waals surface area contributed by atoms with Crippen LogP contribution >= 0.6 is 0 Å². The van der Waals surface area contributed by atoms with Gasteiger partial charge in [0.15, 0.2) is 0 Å². The molecule has 1 fully saturated rings. The highest BCUT2D eigenvalue weighted by molar-refractivity contribution is 5.03. The Hall–Kier alpha value is -0.520. The molecular formula is C11H18O. The van der Waals surface area contributed by atoms with Crippen LogP contribution in [-0.2, 0) is 4.74 Å². The van der Waals surface area contributed by atoms with Crippen LogP contribution < -0.4 is 0 Å². The Morgan fingerprint density at radius 1 is 1.33 bits per heavy atom. The summed E-state index contributed by atoms with van der Waals surface area (Å²) in [6.45, 7) is 0.820. The Balaban J connectivity index is 2.27.